The fourth-order valence-electron chi connectivity index (χ4n) is 1.91. The predicted molar refractivity (Wildman–Crippen MR) is 83.9 cm³/mol. The molecule has 0 radical (unpaired) electrons. The van der Waals surface area contributed by atoms with Gasteiger partial charge in [-0.2, -0.15) is 0 Å². The maximum absolute atomic E-state index is 11.8. The lowest BCUT2D eigenvalue weighted by atomic mass is 10.1. The van der Waals surface area contributed by atoms with Gasteiger partial charge in [0.1, 0.15) is 10.8 Å². The Morgan fingerprint density at radius 3 is 2.57 bits per heavy atom. The topological polar surface area (TPSA) is 64.1 Å². The van der Waals surface area contributed by atoms with E-state index in [-0.39, 0.29) is 12.3 Å². The van der Waals surface area contributed by atoms with Crippen molar-refractivity contribution in [2.24, 2.45) is 0 Å². The van der Waals surface area contributed by atoms with Gasteiger partial charge < -0.3 is 10.1 Å². The fraction of sp³-hybridized carbons (Fsp3) is 0.400. The number of rotatable bonds is 6. The molecule has 0 aliphatic rings. The highest BCUT2D eigenvalue weighted by molar-refractivity contribution is 7.15. The molecule has 1 heterocycles. The summed E-state index contributed by atoms with van der Waals surface area (Å²) < 4.78 is 5.61. The van der Waals surface area contributed by atoms with Crippen LogP contribution in [0.3, 0.4) is 0 Å². The van der Waals surface area contributed by atoms with Crippen LogP contribution in [0.1, 0.15) is 29.5 Å². The number of benzene rings is 1. The number of aryl methyl sites for hydroxylation is 3. The van der Waals surface area contributed by atoms with Crippen LogP contribution in [0, 0.1) is 13.8 Å². The Morgan fingerprint density at radius 1 is 1.24 bits per heavy atom. The van der Waals surface area contributed by atoms with E-state index in [0.29, 0.717) is 11.7 Å². The number of hydrogen-bond donors (Lipinski definition) is 1. The second-order valence-electron chi connectivity index (χ2n) is 4.82. The zero-order valence-electron chi connectivity index (χ0n) is 12.5. The van der Waals surface area contributed by atoms with Crippen molar-refractivity contribution in [2.75, 3.05) is 11.9 Å². The maximum Gasteiger partial charge on any atom is 0.229 e. The van der Waals surface area contributed by atoms with Crippen molar-refractivity contribution in [3.05, 3.63) is 34.3 Å². The molecule has 1 aromatic carbocycles. The summed E-state index contributed by atoms with van der Waals surface area (Å²) in [6.07, 6.45) is 1.11. The van der Waals surface area contributed by atoms with Crippen LogP contribution in [0.25, 0.3) is 0 Å². The number of anilines is 1. The van der Waals surface area contributed by atoms with Crippen LogP contribution in [0.5, 0.6) is 5.75 Å². The summed E-state index contributed by atoms with van der Waals surface area (Å²) in [7, 11) is 0. The summed E-state index contributed by atoms with van der Waals surface area (Å²) in [4.78, 5) is 11.8. The monoisotopic (exact) mass is 305 g/mol. The van der Waals surface area contributed by atoms with Gasteiger partial charge in [0.2, 0.25) is 11.0 Å². The molecule has 21 heavy (non-hydrogen) atoms. The summed E-state index contributed by atoms with van der Waals surface area (Å²) in [5, 5.41) is 12.1. The molecule has 0 aliphatic carbocycles. The van der Waals surface area contributed by atoms with Gasteiger partial charge in [0.25, 0.3) is 0 Å². The van der Waals surface area contributed by atoms with Gasteiger partial charge in [0.05, 0.1) is 13.0 Å². The Bertz CT molecular complexity index is 605. The molecule has 0 saturated heterocycles. The van der Waals surface area contributed by atoms with Crippen LogP contribution in [0.2, 0.25) is 0 Å². The minimum atomic E-state index is -0.113. The number of amides is 1. The summed E-state index contributed by atoms with van der Waals surface area (Å²) in [6.45, 7) is 6.39. The Hall–Kier alpha value is -1.95. The van der Waals surface area contributed by atoms with Gasteiger partial charge in [-0.3, -0.25) is 4.79 Å². The average molecular weight is 305 g/mol. The van der Waals surface area contributed by atoms with Crippen LogP contribution >= 0.6 is 11.3 Å². The molecule has 0 spiro atoms. The first-order valence-electron chi connectivity index (χ1n) is 6.90. The average Bonchev–Trinajstić information content (AvgIpc) is 2.85. The third-order valence-electron chi connectivity index (χ3n) is 2.81. The number of carbonyl (C=O) groups excluding carboxylic acids is 1. The molecular weight excluding hydrogens is 286 g/mol. The van der Waals surface area contributed by atoms with E-state index in [9.17, 15) is 4.79 Å². The van der Waals surface area contributed by atoms with Crippen molar-refractivity contribution in [1.82, 2.24) is 10.2 Å². The molecule has 0 atom stereocenters. The molecule has 1 aromatic heterocycles. The van der Waals surface area contributed by atoms with Gasteiger partial charge in [0, 0.05) is 0 Å². The highest BCUT2D eigenvalue weighted by atomic mass is 32.1. The largest absolute Gasteiger partial charge is 0.493 e. The molecule has 1 N–H and O–H groups in total. The summed E-state index contributed by atoms with van der Waals surface area (Å²) >= 11 is 1.40. The van der Waals surface area contributed by atoms with E-state index < -0.39 is 0 Å². The first kappa shape index (κ1) is 15.4. The number of nitrogens with zero attached hydrogens (tertiary/aromatic N) is 2. The molecule has 1 amide bonds. The van der Waals surface area contributed by atoms with Gasteiger partial charge >= 0.3 is 0 Å². The van der Waals surface area contributed by atoms with Crippen molar-refractivity contribution in [3.63, 3.8) is 0 Å². The van der Waals surface area contributed by atoms with Crippen LogP contribution in [-0.2, 0) is 11.2 Å². The van der Waals surface area contributed by atoms with E-state index in [1.165, 1.54) is 11.3 Å². The zero-order valence-corrected chi connectivity index (χ0v) is 13.3. The molecule has 0 fully saturated rings. The Labute approximate surface area is 128 Å². The van der Waals surface area contributed by atoms with Gasteiger partial charge in [0.15, 0.2) is 0 Å². The molecule has 0 aliphatic heterocycles. The molecule has 2 rings (SSSR count). The Balaban J connectivity index is 1.78. The molecule has 5 nitrogen and oxygen atoms in total. The zero-order chi connectivity index (χ0) is 15.2. The Morgan fingerprint density at radius 2 is 1.95 bits per heavy atom. The lowest BCUT2D eigenvalue weighted by molar-refractivity contribution is -0.116. The van der Waals surface area contributed by atoms with Gasteiger partial charge in [-0.25, -0.2) is 0 Å². The Kier molecular flexibility index (Phi) is 5.27. The highest BCUT2D eigenvalue weighted by Crippen LogP contribution is 2.17. The highest BCUT2D eigenvalue weighted by Gasteiger charge is 2.07. The van der Waals surface area contributed by atoms with Crippen molar-refractivity contribution in [3.8, 4) is 5.75 Å². The number of carbonyl (C=O) groups is 1. The quantitative estimate of drug-likeness (QED) is 0.890. The van der Waals surface area contributed by atoms with Crippen LogP contribution in [-0.4, -0.2) is 22.7 Å². The van der Waals surface area contributed by atoms with E-state index in [2.05, 4.69) is 21.6 Å². The van der Waals surface area contributed by atoms with Crippen molar-refractivity contribution in [1.29, 1.82) is 0 Å². The van der Waals surface area contributed by atoms with Crippen LogP contribution in [0.15, 0.2) is 18.2 Å². The van der Waals surface area contributed by atoms with Crippen molar-refractivity contribution in [2.45, 2.75) is 33.6 Å². The second-order valence-corrected chi connectivity index (χ2v) is 5.89. The van der Waals surface area contributed by atoms with Crippen LogP contribution in [0.4, 0.5) is 5.13 Å². The normalized spacial score (nSPS) is 10.4. The van der Waals surface area contributed by atoms with Crippen LogP contribution < -0.4 is 10.1 Å². The van der Waals surface area contributed by atoms with Crippen molar-refractivity contribution < 1.29 is 9.53 Å². The maximum atomic E-state index is 11.8. The first-order chi connectivity index (χ1) is 10.1. The molecule has 2 aromatic rings. The summed E-state index contributed by atoms with van der Waals surface area (Å²) in [6, 6.07) is 6.01. The number of ether oxygens (including phenoxy) is 1. The molecule has 0 bridgehead atoms. The van der Waals surface area contributed by atoms with E-state index in [4.69, 9.17) is 4.74 Å². The van der Waals surface area contributed by atoms with Gasteiger partial charge in [-0.15, -0.1) is 10.2 Å². The number of aromatic nitrogens is 2. The SMILES string of the molecule is CCc1nnc(NC(=O)CCOc2cc(C)cc(C)c2)s1. The smallest absolute Gasteiger partial charge is 0.229 e. The van der Waals surface area contributed by atoms with E-state index >= 15 is 0 Å². The fourth-order valence-corrected chi connectivity index (χ4v) is 2.60. The van der Waals surface area contributed by atoms with E-state index in [0.717, 1.165) is 28.3 Å². The van der Waals surface area contributed by atoms with E-state index in [1.807, 2.05) is 32.9 Å². The minimum absolute atomic E-state index is 0.113. The lowest BCUT2D eigenvalue weighted by Gasteiger charge is -2.07. The van der Waals surface area contributed by atoms with Crippen molar-refractivity contribution >= 4 is 22.4 Å². The predicted octanol–water partition coefficient (Wildman–Crippen LogP) is 3.12. The third-order valence-corrected chi connectivity index (χ3v) is 3.79. The van der Waals surface area contributed by atoms with Gasteiger partial charge in [-0.05, 0) is 43.5 Å². The van der Waals surface area contributed by atoms with Gasteiger partial charge in [-0.1, -0.05) is 24.3 Å². The molecule has 112 valence electrons. The third kappa shape index (κ3) is 4.82. The molecule has 6 heteroatoms. The second kappa shape index (κ2) is 7.17. The lowest BCUT2D eigenvalue weighted by Crippen LogP contribution is -2.15. The number of nitrogens with one attached hydrogen (secondary N) is 1. The molecule has 0 unspecified atom stereocenters. The summed E-state index contributed by atoms with van der Waals surface area (Å²) in [5.41, 5.74) is 2.30. The molecular formula is C15H19N3O2S. The minimum Gasteiger partial charge on any atom is -0.493 e. The summed E-state index contributed by atoms with van der Waals surface area (Å²) in [5.74, 6) is 0.683. The van der Waals surface area contributed by atoms with E-state index in [1.54, 1.807) is 0 Å². The molecule has 0 saturated carbocycles. The first-order valence-corrected chi connectivity index (χ1v) is 7.72. The number of hydrogen-bond acceptors (Lipinski definition) is 5. The standard InChI is InChI=1S/C15H19N3O2S/c1-4-14-17-18-15(21-14)16-13(19)5-6-20-12-8-10(2)7-11(3)9-12/h7-9H,4-6H2,1-3H3,(H,16,18,19).